The zero-order valence-electron chi connectivity index (χ0n) is 17.9. The summed E-state index contributed by atoms with van der Waals surface area (Å²) in [5.41, 5.74) is 1.10. The minimum absolute atomic E-state index is 0.0788. The number of carbonyl (C=O) groups excluding carboxylic acids is 1. The zero-order chi connectivity index (χ0) is 23.4. The lowest BCUT2D eigenvalue weighted by molar-refractivity contribution is -0.120. The smallest absolute Gasteiger partial charge is 0.264 e. The third-order valence-electron chi connectivity index (χ3n) is 5.16. The lowest BCUT2D eigenvalue weighted by atomic mass is 10.2. The number of aryl methyl sites for hydroxylation is 1. The molecule has 0 fully saturated rings. The molecule has 0 aromatic heterocycles. The molecule has 1 aliphatic heterocycles. The van der Waals surface area contributed by atoms with Gasteiger partial charge in [-0.15, -0.1) is 0 Å². The van der Waals surface area contributed by atoms with Crippen molar-refractivity contribution in [3.63, 3.8) is 0 Å². The molecule has 1 aliphatic rings. The molecular weight excluding hydrogens is 464 g/mol. The van der Waals surface area contributed by atoms with Gasteiger partial charge >= 0.3 is 0 Å². The Morgan fingerprint density at radius 3 is 2.48 bits per heavy atom. The molecule has 0 radical (unpaired) electrons. The molecule has 1 amide bonds. The molecule has 172 valence electrons. The molecule has 0 aliphatic carbocycles. The lowest BCUT2D eigenvalue weighted by Gasteiger charge is -2.27. The second-order valence-electron chi connectivity index (χ2n) is 7.56. The minimum Gasteiger partial charge on any atom is -0.486 e. The van der Waals surface area contributed by atoms with Crippen LogP contribution in [0, 0.1) is 6.92 Å². The third kappa shape index (κ3) is 5.23. The van der Waals surface area contributed by atoms with E-state index in [1.54, 1.807) is 42.5 Å². The van der Waals surface area contributed by atoms with E-state index in [-0.39, 0.29) is 18.0 Å². The summed E-state index contributed by atoms with van der Waals surface area (Å²) in [6, 6.07) is 20.1. The van der Waals surface area contributed by atoms with Gasteiger partial charge in [-0.3, -0.25) is 9.10 Å². The number of carbonyl (C=O) groups is 1. The van der Waals surface area contributed by atoms with Gasteiger partial charge in [-0.25, -0.2) is 8.42 Å². The summed E-state index contributed by atoms with van der Waals surface area (Å²) in [7, 11) is -4.00. The van der Waals surface area contributed by atoms with Crippen molar-refractivity contribution in [3.05, 3.63) is 83.4 Å². The van der Waals surface area contributed by atoms with Crippen LogP contribution in [0.4, 0.5) is 5.69 Å². The molecule has 7 nitrogen and oxygen atoms in total. The fourth-order valence-electron chi connectivity index (χ4n) is 3.35. The van der Waals surface area contributed by atoms with E-state index in [2.05, 4.69) is 5.32 Å². The topological polar surface area (TPSA) is 84.9 Å². The molecule has 1 atom stereocenters. The Morgan fingerprint density at radius 1 is 1.06 bits per heavy atom. The molecular formula is C24H23ClN2O5S. The molecule has 1 heterocycles. The number of anilines is 1. The summed E-state index contributed by atoms with van der Waals surface area (Å²) >= 11 is 6.24. The summed E-state index contributed by atoms with van der Waals surface area (Å²) in [6.07, 6.45) is -0.392. The summed E-state index contributed by atoms with van der Waals surface area (Å²) in [5, 5.41) is 3.16. The molecule has 0 saturated heterocycles. The van der Waals surface area contributed by atoms with Crippen molar-refractivity contribution in [1.29, 1.82) is 0 Å². The maximum absolute atomic E-state index is 13.4. The number of sulfonamides is 1. The van der Waals surface area contributed by atoms with Crippen molar-refractivity contribution in [2.45, 2.75) is 17.9 Å². The Bertz CT molecular complexity index is 1250. The van der Waals surface area contributed by atoms with Crippen molar-refractivity contribution in [1.82, 2.24) is 5.32 Å². The van der Waals surface area contributed by atoms with Crippen LogP contribution in [0.3, 0.4) is 0 Å². The summed E-state index contributed by atoms with van der Waals surface area (Å²) in [5.74, 6) is 0.774. The normalized spacial score (nSPS) is 15.0. The predicted octanol–water partition coefficient (Wildman–Crippen LogP) is 3.80. The van der Waals surface area contributed by atoms with Gasteiger partial charge in [-0.05, 0) is 48.9 Å². The van der Waals surface area contributed by atoms with Gasteiger partial charge in [-0.2, -0.15) is 0 Å². The average Bonchev–Trinajstić information content (AvgIpc) is 2.83. The Kier molecular flexibility index (Phi) is 6.76. The van der Waals surface area contributed by atoms with Crippen LogP contribution in [0.1, 0.15) is 5.56 Å². The van der Waals surface area contributed by atoms with Crippen LogP contribution in [-0.4, -0.2) is 40.1 Å². The first-order chi connectivity index (χ1) is 15.8. The van der Waals surface area contributed by atoms with Gasteiger partial charge in [0.15, 0.2) is 11.5 Å². The Labute approximate surface area is 197 Å². The number of para-hydroxylation sites is 2. The number of fused-ring (bicyclic) bond motifs is 1. The largest absolute Gasteiger partial charge is 0.486 e. The summed E-state index contributed by atoms with van der Waals surface area (Å²) < 4.78 is 39.3. The molecule has 0 bridgehead atoms. The van der Waals surface area contributed by atoms with Crippen molar-refractivity contribution in [2.24, 2.45) is 0 Å². The Hall–Kier alpha value is -3.23. The van der Waals surface area contributed by atoms with Crippen LogP contribution in [0.15, 0.2) is 77.7 Å². The zero-order valence-corrected chi connectivity index (χ0v) is 19.5. The van der Waals surface area contributed by atoms with Gasteiger partial charge in [0.2, 0.25) is 5.91 Å². The number of hydrogen-bond acceptors (Lipinski definition) is 5. The Morgan fingerprint density at radius 2 is 1.76 bits per heavy atom. The maximum atomic E-state index is 13.4. The summed E-state index contributed by atoms with van der Waals surface area (Å²) in [6.45, 7) is 1.85. The van der Waals surface area contributed by atoms with E-state index < -0.39 is 28.6 Å². The molecule has 9 heteroatoms. The maximum Gasteiger partial charge on any atom is 0.264 e. The Balaban J connectivity index is 1.50. The molecule has 0 unspecified atom stereocenters. The number of rotatable bonds is 7. The molecule has 0 spiro atoms. The number of nitrogens with one attached hydrogen (secondary N) is 1. The number of nitrogens with zero attached hydrogens (tertiary/aromatic N) is 1. The van der Waals surface area contributed by atoms with Crippen LogP contribution >= 0.6 is 11.6 Å². The van der Waals surface area contributed by atoms with E-state index in [1.807, 2.05) is 25.1 Å². The van der Waals surface area contributed by atoms with Gasteiger partial charge in [-0.1, -0.05) is 48.0 Å². The van der Waals surface area contributed by atoms with E-state index in [0.29, 0.717) is 22.2 Å². The van der Waals surface area contributed by atoms with Crippen LogP contribution in [0.25, 0.3) is 0 Å². The fraction of sp³-hybridized carbons (Fsp3) is 0.208. The standard InChI is InChI=1S/C24H23ClN2O5S/c1-17-11-12-18(13-21(17)25)27(33(29,30)20-7-3-2-4-8-20)15-24(28)26-14-19-16-31-22-9-5-6-10-23(22)32-19/h2-13,19H,14-16H2,1H3,(H,26,28)/t19-/m0/s1. The SMILES string of the molecule is Cc1ccc(N(CC(=O)NC[C@H]2COc3ccccc3O2)S(=O)(=O)c2ccccc2)cc1Cl. The van der Waals surface area contributed by atoms with E-state index >= 15 is 0 Å². The number of ether oxygens (including phenoxy) is 2. The second kappa shape index (κ2) is 9.72. The lowest BCUT2D eigenvalue weighted by Crippen LogP contribution is -2.45. The quantitative estimate of drug-likeness (QED) is 0.549. The highest BCUT2D eigenvalue weighted by atomic mass is 35.5. The monoisotopic (exact) mass is 486 g/mol. The molecule has 1 N–H and O–H groups in total. The van der Waals surface area contributed by atoms with Crippen LogP contribution in [-0.2, 0) is 14.8 Å². The van der Waals surface area contributed by atoms with Gasteiger partial charge in [0.25, 0.3) is 10.0 Å². The van der Waals surface area contributed by atoms with Crippen LogP contribution in [0.2, 0.25) is 5.02 Å². The molecule has 0 saturated carbocycles. The summed E-state index contributed by atoms with van der Waals surface area (Å²) in [4.78, 5) is 12.9. The first kappa shape index (κ1) is 22.9. The molecule has 33 heavy (non-hydrogen) atoms. The van der Waals surface area contributed by atoms with Crippen molar-refractivity contribution in [2.75, 3.05) is 24.0 Å². The van der Waals surface area contributed by atoms with E-state index in [0.717, 1.165) is 9.87 Å². The van der Waals surface area contributed by atoms with E-state index in [1.165, 1.54) is 12.1 Å². The highest BCUT2D eigenvalue weighted by Gasteiger charge is 2.28. The van der Waals surface area contributed by atoms with Crippen LogP contribution < -0.4 is 19.1 Å². The van der Waals surface area contributed by atoms with Crippen molar-refractivity contribution < 1.29 is 22.7 Å². The van der Waals surface area contributed by atoms with Crippen molar-refractivity contribution >= 4 is 33.2 Å². The fourth-order valence-corrected chi connectivity index (χ4v) is 4.96. The second-order valence-corrected chi connectivity index (χ2v) is 9.83. The first-order valence-corrected chi connectivity index (χ1v) is 12.2. The first-order valence-electron chi connectivity index (χ1n) is 10.3. The molecule has 3 aromatic carbocycles. The highest BCUT2D eigenvalue weighted by Crippen LogP contribution is 2.31. The predicted molar refractivity (Wildman–Crippen MR) is 127 cm³/mol. The van der Waals surface area contributed by atoms with Gasteiger partial charge in [0.05, 0.1) is 17.1 Å². The molecule has 4 rings (SSSR count). The third-order valence-corrected chi connectivity index (χ3v) is 7.35. The average molecular weight is 487 g/mol. The van der Waals surface area contributed by atoms with E-state index in [4.69, 9.17) is 21.1 Å². The number of benzene rings is 3. The van der Waals surface area contributed by atoms with Crippen LogP contribution in [0.5, 0.6) is 11.5 Å². The van der Waals surface area contributed by atoms with Crippen molar-refractivity contribution in [3.8, 4) is 11.5 Å². The number of amides is 1. The van der Waals surface area contributed by atoms with E-state index in [9.17, 15) is 13.2 Å². The van der Waals surface area contributed by atoms with Gasteiger partial charge in [0.1, 0.15) is 19.3 Å². The highest BCUT2D eigenvalue weighted by molar-refractivity contribution is 7.92. The van der Waals surface area contributed by atoms with Gasteiger partial charge < -0.3 is 14.8 Å². The molecule has 3 aromatic rings. The van der Waals surface area contributed by atoms with Gasteiger partial charge in [0, 0.05) is 5.02 Å². The number of hydrogen-bond donors (Lipinski definition) is 1. The number of halogens is 1. The minimum atomic E-state index is -4.00.